The van der Waals surface area contributed by atoms with E-state index in [1.807, 2.05) is 12.1 Å². The zero-order valence-corrected chi connectivity index (χ0v) is 19.1. The number of aliphatic hydroxyl groups is 4. The first-order chi connectivity index (χ1) is 16.0. The van der Waals surface area contributed by atoms with Gasteiger partial charge < -0.3 is 44.1 Å². The summed E-state index contributed by atoms with van der Waals surface area (Å²) < 4.78 is 28.5. The van der Waals surface area contributed by atoms with E-state index in [9.17, 15) is 20.4 Å². The highest BCUT2D eigenvalue weighted by atomic mass is 16.6. The molecule has 9 nitrogen and oxygen atoms in total. The van der Waals surface area contributed by atoms with Crippen LogP contribution in [0.3, 0.4) is 0 Å². The fraction of sp³-hybridized carbons (Fsp3) is 0.500. The summed E-state index contributed by atoms with van der Waals surface area (Å²) in [6, 6.07) is 7.31. The number of ether oxygens (including phenoxy) is 5. The normalized spacial score (nSPS) is 17.0. The smallest absolute Gasteiger partial charge is 0.204 e. The van der Waals surface area contributed by atoms with Gasteiger partial charge in [-0.2, -0.15) is 0 Å². The molecule has 33 heavy (non-hydrogen) atoms. The van der Waals surface area contributed by atoms with E-state index >= 15 is 0 Å². The lowest BCUT2D eigenvalue weighted by Gasteiger charge is -2.23. The van der Waals surface area contributed by atoms with Crippen molar-refractivity contribution >= 4 is 0 Å². The van der Waals surface area contributed by atoms with Crippen LogP contribution in [0.2, 0.25) is 0 Å². The van der Waals surface area contributed by atoms with Crippen molar-refractivity contribution in [2.45, 2.75) is 31.0 Å². The molecule has 0 amide bonds. The van der Waals surface area contributed by atoms with Gasteiger partial charge in [0.1, 0.15) is 12.2 Å². The van der Waals surface area contributed by atoms with E-state index in [-0.39, 0.29) is 38.1 Å². The first-order valence-electron chi connectivity index (χ1n) is 10.8. The highest BCUT2D eigenvalue weighted by Crippen LogP contribution is 2.52. The second kappa shape index (κ2) is 11.4. The third-order valence-electron chi connectivity index (χ3n) is 5.70. The molecule has 9 heteroatoms. The fourth-order valence-corrected chi connectivity index (χ4v) is 4.01. The number of aliphatic hydroxyl groups excluding tert-OH is 4. The lowest BCUT2D eigenvalue weighted by molar-refractivity contribution is 0.0587. The summed E-state index contributed by atoms with van der Waals surface area (Å²) in [7, 11) is 4.51. The number of benzene rings is 2. The lowest BCUT2D eigenvalue weighted by atomic mass is 9.90. The van der Waals surface area contributed by atoms with E-state index in [0.29, 0.717) is 41.4 Å². The molecule has 2 aromatic carbocycles. The first-order valence-corrected chi connectivity index (χ1v) is 10.8. The molecule has 1 heterocycles. The number of hydrogen-bond donors (Lipinski definition) is 4. The van der Waals surface area contributed by atoms with Crippen molar-refractivity contribution in [3.63, 3.8) is 0 Å². The molecule has 1 aliphatic heterocycles. The van der Waals surface area contributed by atoms with Gasteiger partial charge in [0.15, 0.2) is 23.0 Å². The van der Waals surface area contributed by atoms with Crippen molar-refractivity contribution < 1.29 is 44.1 Å². The molecular formula is C24H32O9. The standard InChI is InChI=1S/C24H32O9/c1-29-19-8-14(5-4-6-25)7-17-18(13-28)22(33-23(17)19)15-9-20(30-2)24(21(10-15)31-3)32-16(11-26)12-27/h7-10,16,18,22,25-28H,4-6,11-13H2,1-3H3/t18-,22+/m0/s1. The molecule has 1 aliphatic rings. The number of rotatable bonds is 12. The van der Waals surface area contributed by atoms with Crippen LogP contribution in [0.25, 0.3) is 0 Å². The molecule has 0 unspecified atom stereocenters. The van der Waals surface area contributed by atoms with E-state index in [1.54, 1.807) is 19.2 Å². The van der Waals surface area contributed by atoms with E-state index in [1.165, 1.54) is 14.2 Å². The van der Waals surface area contributed by atoms with Crippen LogP contribution in [0.5, 0.6) is 28.7 Å². The number of hydrogen-bond acceptors (Lipinski definition) is 9. The summed E-state index contributed by atoms with van der Waals surface area (Å²) in [6.07, 6.45) is -0.0880. The van der Waals surface area contributed by atoms with Gasteiger partial charge in [-0.1, -0.05) is 6.07 Å². The average Bonchev–Trinajstić information content (AvgIpc) is 3.23. The van der Waals surface area contributed by atoms with Gasteiger partial charge in [0.2, 0.25) is 5.75 Å². The van der Waals surface area contributed by atoms with Crippen LogP contribution < -0.4 is 23.7 Å². The van der Waals surface area contributed by atoms with Crippen molar-refractivity contribution in [1.82, 2.24) is 0 Å². The van der Waals surface area contributed by atoms with Crippen molar-refractivity contribution in [1.29, 1.82) is 0 Å². The predicted molar refractivity (Wildman–Crippen MR) is 120 cm³/mol. The third kappa shape index (κ3) is 5.11. The van der Waals surface area contributed by atoms with Crippen LogP contribution in [-0.4, -0.2) is 74.3 Å². The van der Waals surface area contributed by atoms with E-state index in [4.69, 9.17) is 23.7 Å². The Hall–Kier alpha value is -2.72. The minimum absolute atomic E-state index is 0.0867. The Morgan fingerprint density at radius 3 is 2.03 bits per heavy atom. The molecule has 0 radical (unpaired) electrons. The zero-order valence-electron chi connectivity index (χ0n) is 19.1. The fourth-order valence-electron chi connectivity index (χ4n) is 4.01. The van der Waals surface area contributed by atoms with Crippen LogP contribution in [0.4, 0.5) is 0 Å². The van der Waals surface area contributed by atoms with E-state index < -0.39 is 12.2 Å². The molecule has 0 saturated heterocycles. The second-order valence-corrected chi connectivity index (χ2v) is 7.73. The zero-order chi connectivity index (χ0) is 24.0. The van der Waals surface area contributed by atoms with E-state index in [2.05, 4.69) is 0 Å². The molecule has 2 atom stereocenters. The molecule has 0 aromatic heterocycles. The predicted octanol–water partition coefficient (Wildman–Crippen LogP) is 1.58. The van der Waals surface area contributed by atoms with Crippen molar-refractivity contribution in [3.05, 3.63) is 41.0 Å². The van der Waals surface area contributed by atoms with Gasteiger partial charge in [-0.15, -0.1) is 0 Å². The summed E-state index contributed by atoms with van der Waals surface area (Å²) in [4.78, 5) is 0. The summed E-state index contributed by atoms with van der Waals surface area (Å²) in [5, 5.41) is 38.2. The summed E-state index contributed by atoms with van der Waals surface area (Å²) in [5.74, 6) is 1.68. The van der Waals surface area contributed by atoms with Gasteiger partial charge in [-0.25, -0.2) is 0 Å². The van der Waals surface area contributed by atoms with Gasteiger partial charge in [0.25, 0.3) is 0 Å². The average molecular weight is 465 g/mol. The maximum absolute atomic E-state index is 10.3. The minimum Gasteiger partial charge on any atom is -0.493 e. The molecule has 0 fully saturated rings. The topological polar surface area (TPSA) is 127 Å². The van der Waals surface area contributed by atoms with E-state index in [0.717, 1.165) is 11.1 Å². The maximum atomic E-state index is 10.3. The summed E-state index contributed by atoms with van der Waals surface area (Å²) >= 11 is 0. The lowest BCUT2D eigenvalue weighted by Crippen LogP contribution is -2.25. The SMILES string of the molecule is COc1cc([C@H]2Oc3c(OC)cc(CCCO)cc3[C@@H]2CO)cc(OC)c1OC(CO)CO. The van der Waals surface area contributed by atoms with Gasteiger partial charge in [0.05, 0.1) is 47.1 Å². The Morgan fingerprint density at radius 1 is 0.879 bits per heavy atom. The van der Waals surface area contributed by atoms with Crippen LogP contribution in [0.1, 0.15) is 35.1 Å². The molecule has 0 saturated carbocycles. The highest BCUT2D eigenvalue weighted by molar-refractivity contribution is 5.58. The molecule has 2 aromatic rings. The van der Waals surface area contributed by atoms with Crippen molar-refractivity contribution in [2.24, 2.45) is 0 Å². The quantitative estimate of drug-likeness (QED) is 0.370. The minimum atomic E-state index is -0.836. The number of aryl methyl sites for hydroxylation is 1. The van der Waals surface area contributed by atoms with Gasteiger partial charge in [-0.3, -0.25) is 0 Å². The molecule has 182 valence electrons. The molecule has 0 bridgehead atoms. The Labute approximate surface area is 193 Å². The second-order valence-electron chi connectivity index (χ2n) is 7.73. The Bertz CT molecular complexity index is 901. The third-order valence-corrected chi connectivity index (χ3v) is 5.70. The molecule has 0 aliphatic carbocycles. The molecule has 3 rings (SSSR count). The maximum Gasteiger partial charge on any atom is 0.204 e. The number of methoxy groups -OCH3 is 3. The highest BCUT2D eigenvalue weighted by Gasteiger charge is 2.38. The largest absolute Gasteiger partial charge is 0.493 e. The number of fused-ring (bicyclic) bond motifs is 1. The molecule has 4 N–H and O–H groups in total. The van der Waals surface area contributed by atoms with Gasteiger partial charge >= 0.3 is 0 Å². The monoisotopic (exact) mass is 464 g/mol. The van der Waals surface area contributed by atoms with Crippen LogP contribution >= 0.6 is 0 Å². The van der Waals surface area contributed by atoms with Crippen LogP contribution in [0.15, 0.2) is 24.3 Å². The van der Waals surface area contributed by atoms with Gasteiger partial charge in [0, 0.05) is 17.7 Å². The first kappa shape index (κ1) is 24.9. The van der Waals surface area contributed by atoms with Crippen molar-refractivity contribution in [3.8, 4) is 28.7 Å². The summed E-state index contributed by atoms with van der Waals surface area (Å²) in [6.45, 7) is -0.832. The van der Waals surface area contributed by atoms with Crippen LogP contribution in [0, 0.1) is 0 Å². The molecular weight excluding hydrogens is 432 g/mol. The summed E-state index contributed by atoms with van der Waals surface area (Å²) in [5.41, 5.74) is 2.50. The van der Waals surface area contributed by atoms with Gasteiger partial charge in [-0.05, 0) is 36.6 Å². The van der Waals surface area contributed by atoms with Crippen LogP contribution in [-0.2, 0) is 6.42 Å². The Kier molecular flexibility index (Phi) is 8.62. The van der Waals surface area contributed by atoms with Crippen molar-refractivity contribution in [2.75, 3.05) is 47.8 Å². The molecule has 0 spiro atoms. The Balaban J connectivity index is 2.03. The Morgan fingerprint density at radius 2 is 1.52 bits per heavy atom.